The molecule has 86 valence electrons. The van der Waals surface area contributed by atoms with Gasteiger partial charge in [-0.1, -0.05) is 0 Å². The Hall–Kier alpha value is -1.95. The lowest BCUT2D eigenvalue weighted by Crippen LogP contribution is -2.11. The van der Waals surface area contributed by atoms with Gasteiger partial charge in [0.25, 0.3) is 0 Å². The number of methoxy groups -OCH3 is 1. The molecule has 1 aromatic rings. The number of hydrogen-bond donors (Lipinski definition) is 2. The van der Waals surface area contributed by atoms with E-state index < -0.39 is 17.9 Å². The molecule has 6 heteroatoms. The molecular formula is C10H9FO5. The van der Waals surface area contributed by atoms with Crippen LogP contribution < -0.4 is 4.74 Å². The number of carbonyl (C=O) groups is 2. The Balaban J connectivity index is 3.30. The van der Waals surface area contributed by atoms with Gasteiger partial charge in [0, 0.05) is 0 Å². The van der Waals surface area contributed by atoms with Gasteiger partial charge in [0.15, 0.2) is 12.4 Å². The molecule has 0 aliphatic rings. The first-order chi connectivity index (χ1) is 7.51. The van der Waals surface area contributed by atoms with Crippen molar-refractivity contribution < 1.29 is 28.9 Å². The molecule has 0 aliphatic heterocycles. The molecule has 0 saturated heterocycles. The van der Waals surface area contributed by atoms with Crippen molar-refractivity contribution in [3.63, 3.8) is 0 Å². The second-order valence-corrected chi connectivity index (χ2v) is 2.98. The standard InChI is InChI=1S/C10H9FO5/c1-16-8-3-5(9(13)10(14)15)2-7(11)6(8)4-12/h2-4,9,13H,1H3,(H,14,15). The Morgan fingerprint density at radius 3 is 2.62 bits per heavy atom. The van der Waals surface area contributed by atoms with Gasteiger partial charge in [-0.2, -0.15) is 0 Å². The molecule has 0 amide bonds. The van der Waals surface area contributed by atoms with Crippen molar-refractivity contribution in [3.05, 3.63) is 29.1 Å². The van der Waals surface area contributed by atoms with Crippen LogP contribution in [0.2, 0.25) is 0 Å². The molecule has 5 nitrogen and oxygen atoms in total. The summed E-state index contributed by atoms with van der Waals surface area (Å²) in [7, 11) is 1.21. The summed E-state index contributed by atoms with van der Waals surface area (Å²) >= 11 is 0. The number of aliphatic carboxylic acids is 1. The van der Waals surface area contributed by atoms with Gasteiger partial charge in [0.05, 0.1) is 12.7 Å². The second-order valence-electron chi connectivity index (χ2n) is 2.98. The number of aliphatic hydroxyl groups excluding tert-OH is 1. The smallest absolute Gasteiger partial charge is 0.337 e. The third kappa shape index (κ3) is 2.17. The van der Waals surface area contributed by atoms with Crippen molar-refractivity contribution in [2.75, 3.05) is 7.11 Å². The largest absolute Gasteiger partial charge is 0.496 e. The van der Waals surface area contributed by atoms with E-state index in [0.29, 0.717) is 0 Å². The Morgan fingerprint density at radius 1 is 1.56 bits per heavy atom. The van der Waals surface area contributed by atoms with E-state index in [0.717, 1.165) is 12.1 Å². The summed E-state index contributed by atoms with van der Waals surface area (Å²) in [5, 5.41) is 17.7. The predicted octanol–water partition coefficient (Wildman–Crippen LogP) is 0.765. The highest BCUT2D eigenvalue weighted by Crippen LogP contribution is 2.25. The molecule has 2 N–H and O–H groups in total. The molecule has 0 aliphatic carbocycles. The zero-order chi connectivity index (χ0) is 12.3. The summed E-state index contributed by atoms with van der Waals surface area (Å²) in [6, 6.07) is 1.89. The third-order valence-corrected chi connectivity index (χ3v) is 2.00. The SMILES string of the molecule is COc1cc(C(O)C(=O)O)cc(F)c1C=O. The monoisotopic (exact) mass is 228 g/mol. The first kappa shape index (κ1) is 12.1. The molecule has 0 radical (unpaired) electrons. The fourth-order valence-corrected chi connectivity index (χ4v) is 1.20. The molecule has 1 unspecified atom stereocenters. The lowest BCUT2D eigenvalue weighted by molar-refractivity contribution is -0.146. The van der Waals surface area contributed by atoms with Crippen molar-refractivity contribution >= 4 is 12.3 Å². The van der Waals surface area contributed by atoms with E-state index in [1.54, 1.807) is 0 Å². The molecule has 16 heavy (non-hydrogen) atoms. The van der Waals surface area contributed by atoms with Gasteiger partial charge in [0.1, 0.15) is 11.6 Å². The number of rotatable bonds is 4. The molecule has 0 saturated carbocycles. The maximum atomic E-state index is 13.3. The van der Waals surface area contributed by atoms with Crippen molar-refractivity contribution in [2.45, 2.75) is 6.10 Å². The van der Waals surface area contributed by atoms with Crippen molar-refractivity contribution in [1.82, 2.24) is 0 Å². The van der Waals surface area contributed by atoms with E-state index in [-0.39, 0.29) is 23.2 Å². The van der Waals surface area contributed by atoms with E-state index in [2.05, 4.69) is 0 Å². The number of halogens is 1. The molecule has 0 bridgehead atoms. The fraction of sp³-hybridized carbons (Fsp3) is 0.200. The molecule has 0 fully saturated rings. The topological polar surface area (TPSA) is 83.8 Å². The molecule has 1 aromatic carbocycles. The summed E-state index contributed by atoms with van der Waals surface area (Å²) < 4.78 is 18.0. The van der Waals surface area contributed by atoms with Gasteiger partial charge >= 0.3 is 5.97 Å². The quantitative estimate of drug-likeness (QED) is 0.743. The number of aliphatic hydroxyl groups is 1. The molecule has 0 aromatic heterocycles. The van der Waals surface area contributed by atoms with Crippen molar-refractivity contribution in [2.24, 2.45) is 0 Å². The Labute approximate surface area is 90.1 Å². The van der Waals surface area contributed by atoms with E-state index >= 15 is 0 Å². The highest BCUT2D eigenvalue weighted by atomic mass is 19.1. The number of aldehydes is 1. The summed E-state index contributed by atoms with van der Waals surface area (Å²) in [6.07, 6.45) is -1.60. The van der Waals surface area contributed by atoms with Crippen molar-refractivity contribution in [3.8, 4) is 5.75 Å². The van der Waals surface area contributed by atoms with Crippen LogP contribution in [0.3, 0.4) is 0 Å². The maximum absolute atomic E-state index is 13.3. The normalized spacial score (nSPS) is 11.9. The number of carboxylic acid groups (broad SMARTS) is 1. The van der Waals surface area contributed by atoms with Crippen molar-refractivity contribution in [1.29, 1.82) is 0 Å². The van der Waals surface area contributed by atoms with E-state index in [4.69, 9.17) is 9.84 Å². The van der Waals surface area contributed by atoms with Gasteiger partial charge in [-0.3, -0.25) is 4.79 Å². The lowest BCUT2D eigenvalue weighted by atomic mass is 10.1. The fourth-order valence-electron chi connectivity index (χ4n) is 1.20. The number of carbonyl (C=O) groups excluding carboxylic acids is 1. The summed E-state index contributed by atoms with van der Waals surface area (Å²) in [6.45, 7) is 0. The highest BCUT2D eigenvalue weighted by molar-refractivity contribution is 5.81. The maximum Gasteiger partial charge on any atom is 0.337 e. The Bertz CT molecular complexity index is 429. The molecule has 0 spiro atoms. The van der Waals surface area contributed by atoms with Crippen LogP contribution in [-0.4, -0.2) is 29.6 Å². The summed E-state index contributed by atoms with van der Waals surface area (Å²) in [4.78, 5) is 21.0. The number of hydrogen-bond acceptors (Lipinski definition) is 4. The van der Waals surface area contributed by atoms with Crippen LogP contribution in [-0.2, 0) is 4.79 Å². The molecule has 0 heterocycles. The first-order valence-corrected chi connectivity index (χ1v) is 4.24. The van der Waals surface area contributed by atoms with Crippen LogP contribution in [0.15, 0.2) is 12.1 Å². The minimum Gasteiger partial charge on any atom is -0.496 e. The van der Waals surface area contributed by atoms with E-state index in [1.165, 1.54) is 7.11 Å². The van der Waals surface area contributed by atoms with Crippen LogP contribution in [0, 0.1) is 5.82 Å². The van der Waals surface area contributed by atoms with Gasteiger partial charge in [0.2, 0.25) is 0 Å². The Kier molecular flexibility index (Phi) is 3.57. The average Bonchev–Trinajstić information content (AvgIpc) is 2.26. The predicted molar refractivity (Wildman–Crippen MR) is 50.9 cm³/mol. The Morgan fingerprint density at radius 2 is 2.19 bits per heavy atom. The van der Waals surface area contributed by atoms with Crippen LogP contribution >= 0.6 is 0 Å². The minimum atomic E-state index is -1.86. The van der Waals surface area contributed by atoms with Crippen LogP contribution in [0.1, 0.15) is 22.0 Å². The lowest BCUT2D eigenvalue weighted by Gasteiger charge is -2.10. The van der Waals surface area contributed by atoms with Gasteiger partial charge in [-0.05, 0) is 17.7 Å². The van der Waals surface area contributed by atoms with E-state index in [1.807, 2.05) is 0 Å². The highest BCUT2D eigenvalue weighted by Gasteiger charge is 2.20. The van der Waals surface area contributed by atoms with Crippen LogP contribution in [0.4, 0.5) is 4.39 Å². The average molecular weight is 228 g/mol. The zero-order valence-electron chi connectivity index (χ0n) is 8.31. The van der Waals surface area contributed by atoms with Gasteiger partial charge < -0.3 is 14.9 Å². The zero-order valence-corrected chi connectivity index (χ0v) is 8.31. The summed E-state index contributed by atoms with van der Waals surface area (Å²) in [5.41, 5.74) is -0.503. The number of benzene rings is 1. The molecule has 1 atom stereocenters. The summed E-state index contributed by atoms with van der Waals surface area (Å²) in [5.74, 6) is -2.57. The third-order valence-electron chi connectivity index (χ3n) is 2.00. The number of ether oxygens (including phenoxy) is 1. The minimum absolute atomic E-state index is 0.120. The van der Waals surface area contributed by atoms with Crippen LogP contribution in [0.5, 0.6) is 5.75 Å². The van der Waals surface area contributed by atoms with E-state index in [9.17, 15) is 19.1 Å². The second kappa shape index (κ2) is 4.71. The molecule has 1 rings (SSSR count). The first-order valence-electron chi connectivity index (χ1n) is 4.24. The van der Waals surface area contributed by atoms with Gasteiger partial charge in [-0.15, -0.1) is 0 Å². The van der Waals surface area contributed by atoms with Crippen LogP contribution in [0.25, 0.3) is 0 Å². The van der Waals surface area contributed by atoms with Gasteiger partial charge in [-0.25, -0.2) is 9.18 Å². The molecular weight excluding hydrogens is 219 g/mol. The number of carboxylic acids is 1.